The van der Waals surface area contributed by atoms with Crippen LogP contribution in [0.25, 0.3) is 0 Å². The van der Waals surface area contributed by atoms with Crippen molar-refractivity contribution in [3.05, 3.63) is 46.3 Å². The zero-order valence-corrected chi connectivity index (χ0v) is 16.0. The van der Waals surface area contributed by atoms with E-state index in [1.54, 1.807) is 6.20 Å². The van der Waals surface area contributed by atoms with Crippen molar-refractivity contribution in [3.63, 3.8) is 0 Å². The monoisotopic (exact) mass is 430 g/mol. The molecule has 1 aromatic rings. The van der Waals surface area contributed by atoms with E-state index in [1.807, 2.05) is 38.3 Å². The van der Waals surface area contributed by atoms with Gasteiger partial charge in [-0.3, -0.25) is 0 Å². The maximum atomic E-state index is 12.0. The molecule has 0 saturated heterocycles. The van der Waals surface area contributed by atoms with Gasteiger partial charge in [-0.25, -0.2) is 0 Å². The number of rotatable bonds is 7. The Morgan fingerprint density at radius 3 is 2.73 bits per heavy atom. The molecule has 1 aliphatic heterocycles. The number of aromatic nitrogens is 1. The van der Waals surface area contributed by atoms with Gasteiger partial charge in [-0.05, 0) is 0 Å². The Morgan fingerprint density at radius 1 is 1.23 bits per heavy atom. The number of allylic oxidation sites excluding steroid dienone is 2. The maximum absolute atomic E-state index is 12.0. The number of pyridine rings is 1. The van der Waals surface area contributed by atoms with Gasteiger partial charge in [0, 0.05) is 0 Å². The van der Waals surface area contributed by atoms with Crippen LogP contribution in [0, 0.1) is 0 Å². The number of dihydropyridines is 1. The number of carbonyl (C=O) groups is 2. The van der Waals surface area contributed by atoms with E-state index in [-0.39, 0.29) is 37.8 Å². The molecule has 0 atom stereocenters. The van der Waals surface area contributed by atoms with E-state index in [0.29, 0.717) is 19.3 Å². The molecule has 116 valence electrons. The Labute approximate surface area is 141 Å². The second kappa shape index (κ2) is 8.44. The van der Waals surface area contributed by atoms with Crippen molar-refractivity contribution in [2.75, 3.05) is 0 Å². The predicted molar refractivity (Wildman–Crippen MR) is 89.2 cm³/mol. The molecule has 0 spiro atoms. The summed E-state index contributed by atoms with van der Waals surface area (Å²) in [6.45, 7) is 3.76. The molecule has 4 nitrogen and oxygen atoms in total. The molecule has 6 heteroatoms. The fraction of sp³-hybridized carbons (Fsp3) is 0.312. The van der Waals surface area contributed by atoms with Gasteiger partial charge in [-0.15, -0.1) is 0 Å². The van der Waals surface area contributed by atoms with Crippen LogP contribution in [0.15, 0.2) is 40.8 Å². The third kappa shape index (κ3) is 4.17. The fourth-order valence-electron chi connectivity index (χ4n) is 1.96. The molecule has 0 radical (unpaired) electrons. The summed E-state index contributed by atoms with van der Waals surface area (Å²) in [7, 11) is 0. The molecule has 0 aromatic carbocycles. The van der Waals surface area contributed by atoms with E-state index < -0.39 is 0 Å². The van der Waals surface area contributed by atoms with Crippen LogP contribution < -0.4 is 9.91 Å². The quantitative estimate of drug-likeness (QED) is 0.526. The molecular formula is C16H18N2O2Se2. The van der Waals surface area contributed by atoms with Gasteiger partial charge in [-0.2, -0.15) is 0 Å². The summed E-state index contributed by atoms with van der Waals surface area (Å²) in [4.78, 5) is 28.4. The Hall–Kier alpha value is -1.19. The van der Waals surface area contributed by atoms with E-state index in [2.05, 4.69) is 10.3 Å². The van der Waals surface area contributed by atoms with E-state index in [0.717, 1.165) is 20.3 Å². The number of nitrogens with zero attached hydrogens (tertiary/aromatic N) is 1. The van der Waals surface area contributed by atoms with Crippen LogP contribution in [0.4, 0.5) is 0 Å². The van der Waals surface area contributed by atoms with Crippen LogP contribution in [0.2, 0.25) is 0 Å². The molecule has 1 N–H and O–H groups in total. The van der Waals surface area contributed by atoms with Gasteiger partial charge in [0.15, 0.2) is 0 Å². The van der Waals surface area contributed by atoms with E-state index in [4.69, 9.17) is 0 Å². The first-order chi connectivity index (χ1) is 10.7. The van der Waals surface area contributed by atoms with Crippen LogP contribution in [0.3, 0.4) is 0 Å². The van der Waals surface area contributed by atoms with Gasteiger partial charge < -0.3 is 0 Å². The number of hydrogen-bond acceptors (Lipinski definition) is 4. The number of hydrogen-bond donors (Lipinski definition) is 1. The van der Waals surface area contributed by atoms with Crippen molar-refractivity contribution < 1.29 is 9.59 Å². The molecule has 2 rings (SSSR count). The molecule has 1 aromatic heterocycles. The SMILES string of the molecule is CCC(=O)C1=C([Se][Se]c2ncccc2C(=O)CC)NC=CC1. The summed E-state index contributed by atoms with van der Waals surface area (Å²) < 4.78 is 1.94. The van der Waals surface area contributed by atoms with Crippen molar-refractivity contribution >= 4 is 42.4 Å². The van der Waals surface area contributed by atoms with Gasteiger partial charge in [0.1, 0.15) is 0 Å². The first-order valence-electron chi connectivity index (χ1n) is 7.18. The third-order valence-corrected chi connectivity index (χ3v) is 9.93. The van der Waals surface area contributed by atoms with Crippen LogP contribution in [0.1, 0.15) is 43.5 Å². The number of carbonyl (C=O) groups excluding carboxylic acids is 2. The van der Waals surface area contributed by atoms with Crippen molar-refractivity contribution in [2.24, 2.45) is 0 Å². The Bertz CT molecular complexity index is 639. The molecule has 0 fully saturated rings. The van der Waals surface area contributed by atoms with Crippen molar-refractivity contribution in [1.29, 1.82) is 0 Å². The second-order valence-electron chi connectivity index (χ2n) is 4.63. The average Bonchev–Trinajstić information content (AvgIpc) is 2.59. The first-order valence-corrected chi connectivity index (χ1v) is 13.2. The minimum atomic E-state index is 0.0845. The van der Waals surface area contributed by atoms with E-state index in [9.17, 15) is 9.59 Å². The van der Waals surface area contributed by atoms with Gasteiger partial charge >= 0.3 is 142 Å². The van der Waals surface area contributed by atoms with Crippen LogP contribution in [0.5, 0.6) is 0 Å². The fourth-order valence-corrected chi connectivity index (χ4v) is 8.80. The molecule has 0 saturated carbocycles. The summed E-state index contributed by atoms with van der Waals surface area (Å²) in [6, 6.07) is 3.66. The van der Waals surface area contributed by atoms with E-state index >= 15 is 0 Å². The van der Waals surface area contributed by atoms with Crippen molar-refractivity contribution in [1.82, 2.24) is 10.3 Å². The van der Waals surface area contributed by atoms with Gasteiger partial charge in [0.25, 0.3) is 0 Å². The summed E-state index contributed by atoms with van der Waals surface area (Å²) in [5.74, 6) is 0.339. The zero-order valence-electron chi connectivity index (χ0n) is 12.6. The molecule has 2 heterocycles. The number of ketones is 2. The van der Waals surface area contributed by atoms with Gasteiger partial charge in [0.2, 0.25) is 0 Å². The minimum absolute atomic E-state index is 0.0845. The molecule has 1 aliphatic rings. The van der Waals surface area contributed by atoms with Gasteiger partial charge in [-0.1, -0.05) is 0 Å². The summed E-state index contributed by atoms with van der Waals surface area (Å²) in [6.07, 6.45) is 7.33. The van der Waals surface area contributed by atoms with Gasteiger partial charge in [0.05, 0.1) is 0 Å². The van der Waals surface area contributed by atoms with Crippen LogP contribution in [-0.2, 0) is 4.79 Å². The number of nitrogens with one attached hydrogen (secondary N) is 1. The van der Waals surface area contributed by atoms with Crippen LogP contribution >= 0.6 is 0 Å². The summed E-state index contributed by atoms with van der Waals surface area (Å²) in [5, 5.41) is 3.23. The first kappa shape index (κ1) is 17.2. The molecule has 0 amide bonds. The zero-order chi connectivity index (χ0) is 15.9. The Morgan fingerprint density at radius 2 is 2.00 bits per heavy atom. The van der Waals surface area contributed by atoms with Crippen LogP contribution in [-0.4, -0.2) is 42.8 Å². The molecular weight excluding hydrogens is 410 g/mol. The second-order valence-corrected chi connectivity index (χ2v) is 10.6. The predicted octanol–water partition coefficient (Wildman–Crippen LogP) is 1.32. The molecule has 0 bridgehead atoms. The van der Waals surface area contributed by atoms with Crippen molar-refractivity contribution in [2.45, 2.75) is 33.1 Å². The standard InChI is InChI=1S/C16H18N2O2Se2/c1-3-13(19)11-7-5-9-17-15(11)21-22-16-12(14(20)4-2)8-6-10-18-16/h5-7,9-10,18H,3-4,8H2,1-2H3. The van der Waals surface area contributed by atoms with Crippen molar-refractivity contribution in [3.8, 4) is 0 Å². The normalized spacial score (nSPS) is 13.9. The molecule has 0 aliphatic carbocycles. The topological polar surface area (TPSA) is 59.1 Å². The summed E-state index contributed by atoms with van der Waals surface area (Å²) in [5.41, 5.74) is 1.63. The number of Topliss-reactive ketones (excluding diaryl/α,β-unsaturated/α-hetero) is 2. The molecule has 0 unspecified atom stereocenters. The summed E-state index contributed by atoms with van der Waals surface area (Å²) >= 11 is 0.205. The van der Waals surface area contributed by atoms with E-state index in [1.165, 1.54) is 0 Å². The average molecular weight is 428 g/mol. The Balaban J connectivity index is 2.17. The molecule has 22 heavy (non-hydrogen) atoms. The Kier molecular flexibility index (Phi) is 6.59. The third-order valence-electron chi connectivity index (χ3n) is 3.18.